The molecule has 0 saturated carbocycles. The topological polar surface area (TPSA) is 29.5 Å². The Kier molecular flexibility index (Phi) is 4.97. The Hall–Kier alpha value is -1.37. The molecule has 0 aromatic heterocycles. The van der Waals surface area contributed by atoms with Gasteiger partial charge in [-0.15, -0.1) is 0 Å². The van der Waals surface area contributed by atoms with Crippen LogP contribution >= 0.6 is 0 Å². The van der Waals surface area contributed by atoms with Crippen molar-refractivity contribution in [3.05, 3.63) is 35.1 Å². The predicted molar refractivity (Wildman–Crippen MR) is 60.3 cm³/mol. The molecule has 1 aromatic rings. The highest BCUT2D eigenvalue weighted by Crippen LogP contribution is 2.11. The number of rotatable bonds is 3. The summed E-state index contributed by atoms with van der Waals surface area (Å²) in [4.78, 5) is 0. The van der Waals surface area contributed by atoms with Crippen LogP contribution in [0.5, 0.6) is 0 Å². The van der Waals surface area contributed by atoms with Crippen molar-refractivity contribution in [1.29, 1.82) is 0 Å². The smallest absolute Gasteiger partial charge is 0.129 e. The molecule has 0 atom stereocenters. The van der Waals surface area contributed by atoms with Gasteiger partial charge in [-0.25, -0.2) is 4.39 Å². The monoisotopic (exact) mass is 222 g/mol. The Balaban J connectivity index is 2.75. The average Bonchev–Trinajstić information content (AvgIpc) is 2.24. The van der Waals surface area contributed by atoms with E-state index in [4.69, 9.17) is 9.84 Å². The molecular weight excluding hydrogens is 207 g/mol. The summed E-state index contributed by atoms with van der Waals surface area (Å²) in [6.45, 7) is 3.84. The summed E-state index contributed by atoms with van der Waals surface area (Å²) in [6.07, 6.45) is 0.0771. The lowest BCUT2D eigenvalue weighted by atomic mass is 10.1. The molecule has 0 amide bonds. The van der Waals surface area contributed by atoms with Gasteiger partial charge in [-0.3, -0.25) is 0 Å². The van der Waals surface area contributed by atoms with Crippen LogP contribution in [0.1, 0.15) is 25.0 Å². The first-order chi connectivity index (χ1) is 7.63. The maximum absolute atomic E-state index is 13.5. The molecule has 0 bridgehead atoms. The second kappa shape index (κ2) is 6.26. The van der Waals surface area contributed by atoms with E-state index in [0.29, 0.717) is 11.1 Å². The fourth-order valence-electron chi connectivity index (χ4n) is 1.14. The first-order valence-corrected chi connectivity index (χ1v) is 5.13. The third-order valence-electron chi connectivity index (χ3n) is 1.94. The minimum absolute atomic E-state index is 0.0771. The van der Waals surface area contributed by atoms with Crippen LogP contribution < -0.4 is 0 Å². The van der Waals surface area contributed by atoms with Gasteiger partial charge in [0.05, 0.1) is 12.7 Å². The van der Waals surface area contributed by atoms with Crippen LogP contribution in [0, 0.1) is 17.7 Å². The van der Waals surface area contributed by atoms with Crippen molar-refractivity contribution >= 4 is 0 Å². The largest absolute Gasteiger partial charge is 0.384 e. The van der Waals surface area contributed by atoms with Crippen molar-refractivity contribution in [2.45, 2.75) is 26.6 Å². The summed E-state index contributed by atoms with van der Waals surface area (Å²) in [5, 5.41) is 8.51. The van der Waals surface area contributed by atoms with Gasteiger partial charge in [-0.05, 0) is 26.0 Å². The van der Waals surface area contributed by atoms with Gasteiger partial charge in [0.1, 0.15) is 12.4 Å². The Labute approximate surface area is 95.1 Å². The maximum atomic E-state index is 13.5. The molecule has 1 N–H and O–H groups in total. The minimum atomic E-state index is -0.328. The van der Waals surface area contributed by atoms with E-state index >= 15 is 0 Å². The molecular formula is C13H15FO2. The lowest BCUT2D eigenvalue weighted by Gasteiger charge is -2.08. The standard InChI is InChI=1S/C13H15FO2/c1-10(2)16-9-12-6-5-11(4-3-7-15)8-13(12)14/h5-6,8,10,15H,7,9H2,1-2H3. The molecule has 86 valence electrons. The highest BCUT2D eigenvalue weighted by atomic mass is 19.1. The summed E-state index contributed by atoms with van der Waals surface area (Å²) in [5.41, 5.74) is 1.07. The molecule has 0 spiro atoms. The number of ether oxygens (including phenoxy) is 1. The summed E-state index contributed by atoms with van der Waals surface area (Å²) in [7, 11) is 0. The van der Waals surface area contributed by atoms with Crippen molar-refractivity contribution in [3.8, 4) is 11.8 Å². The van der Waals surface area contributed by atoms with Gasteiger partial charge in [0.2, 0.25) is 0 Å². The fourth-order valence-corrected chi connectivity index (χ4v) is 1.14. The van der Waals surface area contributed by atoms with E-state index in [1.807, 2.05) is 13.8 Å². The second-order valence-corrected chi connectivity index (χ2v) is 3.63. The first-order valence-electron chi connectivity index (χ1n) is 5.13. The zero-order valence-electron chi connectivity index (χ0n) is 9.46. The van der Waals surface area contributed by atoms with Gasteiger partial charge < -0.3 is 9.84 Å². The third-order valence-corrected chi connectivity index (χ3v) is 1.94. The number of hydrogen-bond donors (Lipinski definition) is 1. The van der Waals surface area contributed by atoms with E-state index in [9.17, 15) is 4.39 Å². The zero-order chi connectivity index (χ0) is 12.0. The van der Waals surface area contributed by atoms with E-state index in [2.05, 4.69) is 11.8 Å². The third kappa shape index (κ3) is 4.01. The predicted octanol–water partition coefficient (Wildman–Crippen LogP) is 2.09. The molecule has 0 heterocycles. The van der Waals surface area contributed by atoms with Gasteiger partial charge in [0.15, 0.2) is 0 Å². The quantitative estimate of drug-likeness (QED) is 0.793. The molecule has 3 heteroatoms. The van der Waals surface area contributed by atoms with Crippen LogP contribution in [0.2, 0.25) is 0 Å². The number of hydrogen-bond acceptors (Lipinski definition) is 2. The molecule has 1 aromatic carbocycles. The van der Waals surface area contributed by atoms with Crippen LogP contribution in [-0.4, -0.2) is 17.8 Å². The fraction of sp³-hybridized carbons (Fsp3) is 0.385. The molecule has 2 nitrogen and oxygen atoms in total. The molecule has 1 rings (SSSR count). The van der Waals surface area contributed by atoms with Crippen LogP contribution in [-0.2, 0) is 11.3 Å². The van der Waals surface area contributed by atoms with Crippen LogP contribution in [0.25, 0.3) is 0 Å². The lowest BCUT2D eigenvalue weighted by molar-refractivity contribution is 0.0639. The molecule has 0 aliphatic rings. The van der Waals surface area contributed by atoms with E-state index in [-0.39, 0.29) is 25.1 Å². The number of aliphatic hydroxyl groups excluding tert-OH is 1. The van der Waals surface area contributed by atoms with Crippen molar-refractivity contribution in [2.75, 3.05) is 6.61 Å². The number of aliphatic hydroxyl groups is 1. The summed E-state index contributed by atoms with van der Waals surface area (Å²) < 4.78 is 18.8. The van der Waals surface area contributed by atoms with Crippen LogP contribution in [0.3, 0.4) is 0 Å². The number of benzene rings is 1. The number of halogens is 1. The van der Waals surface area contributed by atoms with Gasteiger partial charge in [-0.1, -0.05) is 17.9 Å². The Morgan fingerprint density at radius 2 is 2.19 bits per heavy atom. The first kappa shape index (κ1) is 12.7. The summed E-state index contributed by atoms with van der Waals surface area (Å²) in [6, 6.07) is 4.71. The van der Waals surface area contributed by atoms with Crippen LogP contribution in [0.4, 0.5) is 4.39 Å². The Morgan fingerprint density at radius 3 is 2.75 bits per heavy atom. The van der Waals surface area contributed by atoms with Crippen molar-refractivity contribution in [2.24, 2.45) is 0 Å². The zero-order valence-corrected chi connectivity index (χ0v) is 9.46. The molecule has 0 saturated heterocycles. The molecule has 0 fully saturated rings. The summed E-state index contributed by atoms with van der Waals surface area (Å²) >= 11 is 0. The van der Waals surface area contributed by atoms with Gasteiger partial charge in [0.25, 0.3) is 0 Å². The van der Waals surface area contributed by atoms with Gasteiger partial charge in [0, 0.05) is 11.1 Å². The van der Waals surface area contributed by atoms with E-state index in [1.165, 1.54) is 6.07 Å². The molecule has 16 heavy (non-hydrogen) atoms. The van der Waals surface area contributed by atoms with E-state index < -0.39 is 0 Å². The molecule has 0 radical (unpaired) electrons. The highest BCUT2D eigenvalue weighted by molar-refractivity contribution is 5.36. The lowest BCUT2D eigenvalue weighted by Crippen LogP contribution is -2.03. The van der Waals surface area contributed by atoms with Gasteiger partial charge in [-0.2, -0.15) is 0 Å². The SMILES string of the molecule is CC(C)OCc1ccc(C#CCO)cc1F. The van der Waals surface area contributed by atoms with E-state index in [0.717, 1.165) is 0 Å². The Morgan fingerprint density at radius 1 is 1.44 bits per heavy atom. The average molecular weight is 222 g/mol. The van der Waals surface area contributed by atoms with Crippen molar-refractivity contribution in [1.82, 2.24) is 0 Å². The van der Waals surface area contributed by atoms with E-state index in [1.54, 1.807) is 12.1 Å². The molecule has 0 aliphatic heterocycles. The maximum Gasteiger partial charge on any atom is 0.129 e. The second-order valence-electron chi connectivity index (χ2n) is 3.63. The summed E-state index contributed by atoms with van der Waals surface area (Å²) in [5.74, 6) is 4.79. The molecule has 0 aliphatic carbocycles. The minimum Gasteiger partial charge on any atom is -0.384 e. The van der Waals surface area contributed by atoms with Gasteiger partial charge >= 0.3 is 0 Å². The van der Waals surface area contributed by atoms with Crippen molar-refractivity contribution < 1.29 is 14.2 Å². The van der Waals surface area contributed by atoms with Crippen molar-refractivity contribution in [3.63, 3.8) is 0 Å². The van der Waals surface area contributed by atoms with Crippen LogP contribution in [0.15, 0.2) is 18.2 Å². The highest BCUT2D eigenvalue weighted by Gasteiger charge is 2.03. The normalized spacial score (nSPS) is 10.1. The Bertz CT molecular complexity index is 402. The molecule has 0 unspecified atom stereocenters.